The minimum absolute atomic E-state index is 0.0830. The number of nitrogens with zero attached hydrogens (tertiary/aromatic N) is 5. The molecule has 5 rings (SSSR count). The molecule has 1 fully saturated rings. The third kappa shape index (κ3) is 3.09. The summed E-state index contributed by atoms with van der Waals surface area (Å²) in [6.07, 6.45) is 5.20. The van der Waals surface area contributed by atoms with Crippen LogP contribution in [0.25, 0.3) is 22.2 Å². The summed E-state index contributed by atoms with van der Waals surface area (Å²) in [6, 6.07) is 11.0. The summed E-state index contributed by atoms with van der Waals surface area (Å²) >= 11 is 5.91. The molecule has 0 amide bonds. The molecule has 0 N–H and O–H groups in total. The quantitative estimate of drug-likeness (QED) is 0.490. The molecular formula is C22H17ClFN5. The molecule has 144 valence electrons. The van der Waals surface area contributed by atoms with Gasteiger partial charge in [0, 0.05) is 54.2 Å². The Morgan fingerprint density at radius 2 is 1.79 bits per heavy atom. The molecule has 0 aliphatic carbocycles. The van der Waals surface area contributed by atoms with Crippen LogP contribution < -0.4 is 4.90 Å². The third-order valence-corrected chi connectivity index (χ3v) is 5.61. The van der Waals surface area contributed by atoms with Crippen molar-refractivity contribution < 1.29 is 4.39 Å². The van der Waals surface area contributed by atoms with Crippen molar-refractivity contribution in [1.29, 1.82) is 0 Å². The van der Waals surface area contributed by atoms with Gasteiger partial charge in [-0.25, -0.2) is 9.37 Å². The lowest BCUT2D eigenvalue weighted by molar-refractivity contribution is 0.509. The minimum atomic E-state index is -0.480. The number of rotatable bonds is 3. The van der Waals surface area contributed by atoms with Crippen LogP contribution in [-0.2, 0) is 0 Å². The maximum atomic E-state index is 14.3. The Hall–Kier alpha value is -3.12. The Bertz CT molecular complexity index is 1220. The summed E-state index contributed by atoms with van der Waals surface area (Å²) in [6.45, 7) is 3.46. The predicted octanol–water partition coefficient (Wildman–Crippen LogP) is 4.79. The smallest absolute Gasteiger partial charge is 0.168 e. The van der Waals surface area contributed by atoms with Crippen molar-refractivity contribution in [2.75, 3.05) is 18.0 Å². The Kier molecular flexibility index (Phi) is 4.36. The van der Waals surface area contributed by atoms with Crippen molar-refractivity contribution in [1.82, 2.24) is 19.9 Å². The van der Waals surface area contributed by atoms with E-state index in [0.29, 0.717) is 5.52 Å². The second-order valence-electron chi connectivity index (χ2n) is 7.13. The SMILES string of the molecule is Cc1ncccc1-c1nccnc1C1CN(c2ccc3ccc(Cl)c(F)c3n2)C1. The first-order valence-corrected chi connectivity index (χ1v) is 9.72. The summed E-state index contributed by atoms with van der Waals surface area (Å²) in [7, 11) is 0. The molecule has 4 aromatic rings. The van der Waals surface area contributed by atoms with Crippen LogP contribution in [0.2, 0.25) is 5.02 Å². The molecule has 0 radical (unpaired) electrons. The highest BCUT2D eigenvalue weighted by Gasteiger charge is 2.33. The van der Waals surface area contributed by atoms with Gasteiger partial charge in [-0.3, -0.25) is 15.0 Å². The van der Waals surface area contributed by atoms with E-state index in [1.165, 1.54) is 0 Å². The topological polar surface area (TPSA) is 54.8 Å². The summed E-state index contributed by atoms with van der Waals surface area (Å²) < 4.78 is 14.3. The number of halogens is 2. The van der Waals surface area contributed by atoms with Gasteiger partial charge < -0.3 is 4.90 Å². The van der Waals surface area contributed by atoms with Gasteiger partial charge in [-0.15, -0.1) is 0 Å². The molecule has 1 aromatic carbocycles. The van der Waals surface area contributed by atoms with E-state index in [1.54, 1.807) is 30.7 Å². The number of aryl methyl sites for hydroxylation is 1. The van der Waals surface area contributed by atoms with Crippen molar-refractivity contribution in [2.24, 2.45) is 0 Å². The Morgan fingerprint density at radius 1 is 1.00 bits per heavy atom. The molecule has 0 atom stereocenters. The zero-order chi connectivity index (χ0) is 20.0. The van der Waals surface area contributed by atoms with Gasteiger partial charge in [-0.1, -0.05) is 17.7 Å². The molecule has 5 nitrogen and oxygen atoms in total. The van der Waals surface area contributed by atoms with E-state index in [0.717, 1.165) is 46.9 Å². The molecule has 1 aliphatic rings. The van der Waals surface area contributed by atoms with Crippen LogP contribution in [0.4, 0.5) is 10.2 Å². The van der Waals surface area contributed by atoms with Gasteiger partial charge in [-0.05, 0) is 37.3 Å². The molecule has 0 unspecified atom stereocenters. The van der Waals surface area contributed by atoms with E-state index in [4.69, 9.17) is 11.6 Å². The lowest BCUT2D eigenvalue weighted by Gasteiger charge is -2.40. The lowest BCUT2D eigenvalue weighted by atomic mass is 9.92. The number of benzene rings is 1. The average Bonchev–Trinajstić information content (AvgIpc) is 2.71. The first kappa shape index (κ1) is 17.9. The molecule has 29 heavy (non-hydrogen) atoms. The zero-order valence-corrected chi connectivity index (χ0v) is 16.4. The molecule has 0 spiro atoms. The monoisotopic (exact) mass is 405 g/mol. The van der Waals surface area contributed by atoms with Gasteiger partial charge in [0.1, 0.15) is 11.3 Å². The number of fused-ring (bicyclic) bond motifs is 1. The van der Waals surface area contributed by atoms with Crippen molar-refractivity contribution in [2.45, 2.75) is 12.8 Å². The van der Waals surface area contributed by atoms with E-state index in [-0.39, 0.29) is 10.9 Å². The largest absolute Gasteiger partial charge is 0.355 e. The molecule has 1 aliphatic heterocycles. The maximum absolute atomic E-state index is 14.3. The zero-order valence-electron chi connectivity index (χ0n) is 15.7. The van der Waals surface area contributed by atoms with E-state index in [1.807, 2.05) is 31.2 Å². The van der Waals surface area contributed by atoms with Crippen LogP contribution in [0, 0.1) is 12.7 Å². The fourth-order valence-electron chi connectivity index (χ4n) is 3.72. The van der Waals surface area contributed by atoms with Crippen LogP contribution in [0.3, 0.4) is 0 Å². The highest BCUT2D eigenvalue weighted by molar-refractivity contribution is 6.31. The minimum Gasteiger partial charge on any atom is -0.355 e. The maximum Gasteiger partial charge on any atom is 0.168 e. The number of anilines is 1. The Labute approximate surface area is 172 Å². The molecule has 1 saturated heterocycles. The van der Waals surface area contributed by atoms with Gasteiger partial charge in [0.25, 0.3) is 0 Å². The molecule has 0 saturated carbocycles. The van der Waals surface area contributed by atoms with Gasteiger partial charge in [0.05, 0.1) is 16.4 Å². The molecule has 7 heteroatoms. The fraction of sp³-hybridized carbons (Fsp3) is 0.182. The first-order valence-electron chi connectivity index (χ1n) is 9.34. The van der Waals surface area contributed by atoms with E-state index in [2.05, 4.69) is 24.8 Å². The highest BCUT2D eigenvalue weighted by Crippen LogP contribution is 2.35. The van der Waals surface area contributed by atoms with Gasteiger partial charge >= 0.3 is 0 Å². The van der Waals surface area contributed by atoms with Crippen molar-refractivity contribution >= 4 is 28.3 Å². The second-order valence-corrected chi connectivity index (χ2v) is 7.54. The summed E-state index contributed by atoms with van der Waals surface area (Å²) in [5, 5.41) is 0.815. The van der Waals surface area contributed by atoms with Gasteiger partial charge in [-0.2, -0.15) is 0 Å². The number of pyridine rings is 2. The lowest BCUT2D eigenvalue weighted by Crippen LogP contribution is -2.46. The van der Waals surface area contributed by atoms with Crippen LogP contribution >= 0.6 is 11.6 Å². The number of hydrogen-bond donors (Lipinski definition) is 0. The predicted molar refractivity (Wildman–Crippen MR) is 112 cm³/mol. The van der Waals surface area contributed by atoms with E-state index < -0.39 is 5.82 Å². The highest BCUT2D eigenvalue weighted by atomic mass is 35.5. The first-order chi connectivity index (χ1) is 14.1. The van der Waals surface area contributed by atoms with Crippen LogP contribution in [-0.4, -0.2) is 33.0 Å². The standard InChI is InChI=1S/C22H17ClFN5/c1-13-16(3-2-8-25-13)22-21(26-9-10-27-22)15-11-29(12-15)18-7-5-14-4-6-17(23)19(24)20(14)28-18/h2-10,15H,11-12H2,1H3. The molecule has 4 heterocycles. The normalized spacial score (nSPS) is 14.2. The average molecular weight is 406 g/mol. The van der Waals surface area contributed by atoms with Crippen LogP contribution in [0.15, 0.2) is 55.0 Å². The van der Waals surface area contributed by atoms with Crippen molar-refractivity contribution in [3.63, 3.8) is 0 Å². The van der Waals surface area contributed by atoms with E-state index in [9.17, 15) is 4.39 Å². The van der Waals surface area contributed by atoms with Crippen LogP contribution in [0.1, 0.15) is 17.3 Å². The van der Waals surface area contributed by atoms with Crippen LogP contribution in [0.5, 0.6) is 0 Å². The molecule has 3 aromatic heterocycles. The third-order valence-electron chi connectivity index (χ3n) is 5.32. The summed E-state index contributed by atoms with van der Waals surface area (Å²) in [4.78, 5) is 20.2. The Morgan fingerprint density at radius 3 is 2.62 bits per heavy atom. The number of aromatic nitrogens is 4. The van der Waals surface area contributed by atoms with Gasteiger partial charge in [0.15, 0.2) is 5.82 Å². The van der Waals surface area contributed by atoms with Gasteiger partial charge in [0.2, 0.25) is 0 Å². The second kappa shape index (κ2) is 7.04. The van der Waals surface area contributed by atoms with Crippen molar-refractivity contribution in [3.8, 4) is 11.3 Å². The molecule has 0 bridgehead atoms. The van der Waals surface area contributed by atoms with E-state index >= 15 is 0 Å². The van der Waals surface area contributed by atoms with Crippen molar-refractivity contribution in [3.05, 3.63) is 77.2 Å². The Balaban J connectivity index is 1.43. The summed E-state index contributed by atoms with van der Waals surface area (Å²) in [5.41, 5.74) is 4.04. The number of hydrogen-bond acceptors (Lipinski definition) is 5. The fourth-order valence-corrected chi connectivity index (χ4v) is 3.88. The summed E-state index contributed by atoms with van der Waals surface area (Å²) in [5.74, 6) is 0.476. The molecular weight excluding hydrogens is 389 g/mol.